The fraction of sp³-hybridized carbons (Fsp3) is 0.0588. The summed E-state index contributed by atoms with van der Waals surface area (Å²) >= 11 is 12.4. The molecule has 0 saturated carbocycles. The molecule has 0 aliphatic rings. The second-order valence-corrected chi connectivity index (χ2v) is 6.71. The van der Waals surface area contributed by atoms with E-state index in [1.165, 1.54) is 0 Å². The van der Waals surface area contributed by atoms with Crippen molar-refractivity contribution in [2.24, 2.45) is 0 Å². The van der Waals surface area contributed by atoms with Crippen LogP contribution in [0.25, 0.3) is 0 Å². The summed E-state index contributed by atoms with van der Waals surface area (Å²) in [4.78, 5) is 11.9. The molecule has 26 heavy (non-hydrogen) atoms. The van der Waals surface area contributed by atoms with Crippen LogP contribution in [0.3, 0.4) is 0 Å². The second kappa shape index (κ2) is 8.70. The lowest BCUT2D eigenvalue weighted by molar-refractivity contribution is 0.102. The molecule has 0 fully saturated rings. The molecule has 1 aromatic heterocycles. The number of nitrogens with one attached hydrogen (secondary N) is 3. The molecule has 3 aromatic rings. The van der Waals surface area contributed by atoms with E-state index in [4.69, 9.17) is 23.8 Å². The standard InChI is InChI=1S/C17H14ClN5OS2/c18-12-3-1-2-11(8-12)9-19-17(25)21-14-6-4-13(5-7-14)20-16(24)15-10-26-23-22-15/h1-8,10H,9H2,(H,20,24)(H2,19,21,25). The highest BCUT2D eigenvalue weighted by molar-refractivity contribution is 7.80. The van der Waals surface area contributed by atoms with Crippen LogP contribution in [-0.4, -0.2) is 20.6 Å². The topological polar surface area (TPSA) is 78.9 Å². The molecule has 0 spiro atoms. The molecular weight excluding hydrogens is 390 g/mol. The molecule has 2 aromatic carbocycles. The van der Waals surface area contributed by atoms with Crippen LogP contribution in [0, 0.1) is 0 Å². The molecule has 0 saturated heterocycles. The monoisotopic (exact) mass is 403 g/mol. The fourth-order valence-corrected chi connectivity index (χ4v) is 2.94. The summed E-state index contributed by atoms with van der Waals surface area (Å²) in [5, 5.41) is 15.5. The Hall–Kier alpha value is -2.55. The van der Waals surface area contributed by atoms with Crippen molar-refractivity contribution in [3.8, 4) is 0 Å². The molecular formula is C17H14ClN5OS2. The van der Waals surface area contributed by atoms with Crippen molar-refractivity contribution in [2.45, 2.75) is 6.54 Å². The SMILES string of the molecule is O=C(Nc1ccc(NC(=S)NCc2cccc(Cl)c2)cc1)c1csnn1. The summed E-state index contributed by atoms with van der Waals surface area (Å²) in [6.07, 6.45) is 0. The van der Waals surface area contributed by atoms with E-state index in [0.717, 1.165) is 22.8 Å². The maximum atomic E-state index is 11.9. The van der Waals surface area contributed by atoms with Gasteiger partial charge in [-0.3, -0.25) is 4.79 Å². The number of halogens is 1. The number of carbonyl (C=O) groups excluding carboxylic acids is 1. The number of thiocarbonyl (C=S) groups is 1. The van der Waals surface area contributed by atoms with E-state index in [-0.39, 0.29) is 5.91 Å². The fourth-order valence-electron chi connectivity index (χ4n) is 2.10. The number of hydrogen-bond donors (Lipinski definition) is 3. The van der Waals surface area contributed by atoms with Gasteiger partial charge in [-0.2, -0.15) is 0 Å². The van der Waals surface area contributed by atoms with Crippen LogP contribution in [0.2, 0.25) is 5.02 Å². The molecule has 0 atom stereocenters. The summed E-state index contributed by atoms with van der Waals surface area (Å²) in [5.74, 6) is -0.293. The van der Waals surface area contributed by atoms with Gasteiger partial charge >= 0.3 is 0 Å². The van der Waals surface area contributed by atoms with Crippen LogP contribution in [0.5, 0.6) is 0 Å². The minimum atomic E-state index is -0.293. The second-order valence-electron chi connectivity index (χ2n) is 5.26. The van der Waals surface area contributed by atoms with Crippen LogP contribution in [-0.2, 0) is 6.54 Å². The van der Waals surface area contributed by atoms with Crippen LogP contribution in [0.4, 0.5) is 11.4 Å². The van der Waals surface area contributed by atoms with E-state index >= 15 is 0 Å². The van der Waals surface area contributed by atoms with E-state index in [1.54, 1.807) is 17.5 Å². The molecule has 132 valence electrons. The first-order valence-corrected chi connectivity index (χ1v) is 9.20. The summed E-state index contributed by atoms with van der Waals surface area (Å²) < 4.78 is 3.67. The van der Waals surface area contributed by atoms with Gasteiger partial charge in [0.25, 0.3) is 5.91 Å². The van der Waals surface area contributed by atoms with Crippen molar-refractivity contribution < 1.29 is 4.79 Å². The third-order valence-corrected chi connectivity index (χ3v) is 4.32. The molecule has 0 radical (unpaired) electrons. The number of hydrogen-bond acceptors (Lipinski definition) is 5. The van der Waals surface area contributed by atoms with Crippen LogP contribution in [0.15, 0.2) is 53.9 Å². The normalized spacial score (nSPS) is 10.2. The molecule has 3 N–H and O–H groups in total. The van der Waals surface area contributed by atoms with Gasteiger partial charge in [0.15, 0.2) is 10.8 Å². The van der Waals surface area contributed by atoms with E-state index in [2.05, 4.69) is 25.5 Å². The van der Waals surface area contributed by atoms with Crippen LogP contribution < -0.4 is 16.0 Å². The number of amides is 1. The van der Waals surface area contributed by atoms with E-state index in [1.807, 2.05) is 36.4 Å². The average Bonchev–Trinajstić information content (AvgIpc) is 3.17. The van der Waals surface area contributed by atoms with Gasteiger partial charge in [-0.25, -0.2) is 0 Å². The molecule has 0 aliphatic heterocycles. The van der Waals surface area contributed by atoms with Crippen molar-refractivity contribution in [1.82, 2.24) is 14.9 Å². The molecule has 6 nitrogen and oxygen atoms in total. The summed E-state index contributed by atoms with van der Waals surface area (Å²) in [7, 11) is 0. The van der Waals surface area contributed by atoms with Crippen molar-refractivity contribution in [2.75, 3.05) is 10.6 Å². The Morgan fingerprint density at radius 1 is 1.12 bits per heavy atom. The summed E-state index contributed by atoms with van der Waals surface area (Å²) in [5.41, 5.74) is 2.80. The van der Waals surface area contributed by atoms with Gasteiger partial charge in [-0.15, -0.1) is 5.10 Å². The van der Waals surface area contributed by atoms with Crippen LogP contribution in [0.1, 0.15) is 16.1 Å². The molecule has 1 amide bonds. The first-order chi connectivity index (χ1) is 12.6. The zero-order valence-electron chi connectivity index (χ0n) is 13.4. The number of aromatic nitrogens is 2. The minimum Gasteiger partial charge on any atom is -0.358 e. The number of benzene rings is 2. The van der Waals surface area contributed by atoms with Gasteiger partial charge in [0.2, 0.25) is 0 Å². The summed E-state index contributed by atoms with van der Waals surface area (Å²) in [6, 6.07) is 14.8. The molecule has 9 heteroatoms. The Morgan fingerprint density at radius 3 is 2.50 bits per heavy atom. The number of carbonyl (C=O) groups is 1. The first-order valence-electron chi connectivity index (χ1n) is 7.58. The Balaban J connectivity index is 1.50. The van der Waals surface area contributed by atoms with Crippen molar-refractivity contribution >= 4 is 57.7 Å². The Labute approximate surface area is 164 Å². The zero-order chi connectivity index (χ0) is 18.4. The Morgan fingerprint density at radius 2 is 1.85 bits per heavy atom. The quantitative estimate of drug-likeness (QED) is 0.560. The number of nitrogens with zero attached hydrogens (tertiary/aromatic N) is 2. The Bertz CT molecular complexity index is 900. The highest BCUT2D eigenvalue weighted by Crippen LogP contribution is 2.15. The largest absolute Gasteiger partial charge is 0.358 e. The van der Waals surface area contributed by atoms with Gasteiger partial charge in [0.1, 0.15) is 0 Å². The first kappa shape index (κ1) is 18.2. The highest BCUT2D eigenvalue weighted by Gasteiger charge is 2.08. The van der Waals surface area contributed by atoms with Gasteiger partial charge in [-0.05, 0) is 65.7 Å². The average molecular weight is 404 g/mol. The van der Waals surface area contributed by atoms with Crippen molar-refractivity contribution in [1.29, 1.82) is 0 Å². The highest BCUT2D eigenvalue weighted by atomic mass is 35.5. The summed E-state index contributed by atoms with van der Waals surface area (Å²) in [6.45, 7) is 0.572. The van der Waals surface area contributed by atoms with Crippen LogP contribution >= 0.6 is 35.4 Å². The molecule has 0 aliphatic carbocycles. The maximum absolute atomic E-state index is 11.9. The van der Waals surface area contributed by atoms with E-state index in [0.29, 0.717) is 28.1 Å². The number of anilines is 2. The molecule has 0 bridgehead atoms. The maximum Gasteiger partial charge on any atom is 0.277 e. The predicted molar refractivity (Wildman–Crippen MR) is 109 cm³/mol. The van der Waals surface area contributed by atoms with Gasteiger partial charge in [0.05, 0.1) is 0 Å². The molecule has 0 unspecified atom stereocenters. The number of rotatable bonds is 5. The zero-order valence-corrected chi connectivity index (χ0v) is 15.8. The van der Waals surface area contributed by atoms with E-state index in [9.17, 15) is 4.79 Å². The minimum absolute atomic E-state index is 0.293. The lowest BCUT2D eigenvalue weighted by Crippen LogP contribution is -2.27. The van der Waals surface area contributed by atoms with Crippen molar-refractivity contribution in [3.05, 3.63) is 70.2 Å². The van der Waals surface area contributed by atoms with Gasteiger partial charge in [-0.1, -0.05) is 28.2 Å². The van der Waals surface area contributed by atoms with Crippen molar-refractivity contribution in [3.63, 3.8) is 0 Å². The lowest BCUT2D eigenvalue weighted by Gasteiger charge is -2.11. The third kappa shape index (κ3) is 5.22. The molecule has 1 heterocycles. The smallest absolute Gasteiger partial charge is 0.277 e. The molecule has 3 rings (SSSR count). The lowest BCUT2D eigenvalue weighted by atomic mass is 10.2. The van der Waals surface area contributed by atoms with E-state index < -0.39 is 0 Å². The predicted octanol–water partition coefficient (Wildman–Crippen LogP) is 3.93. The Kier molecular flexibility index (Phi) is 6.11. The van der Waals surface area contributed by atoms with Gasteiger partial charge < -0.3 is 16.0 Å². The third-order valence-electron chi connectivity index (χ3n) is 3.34. The van der Waals surface area contributed by atoms with Gasteiger partial charge in [0, 0.05) is 28.3 Å².